The van der Waals surface area contributed by atoms with E-state index in [1.807, 2.05) is 0 Å². The number of amides is 1. The lowest BCUT2D eigenvalue weighted by Crippen LogP contribution is -2.40. The Hall–Kier alpha value is -1.50. The van der Waals surface area contributed by atoms with Gasteiger partial charge in [0.15, 0.2) is 16.6 Å². The average Bonchev–Trinajstić information content (AvgIpc) is 2.70. The van der Waals surface area contributed by atoms with Crippen LogP contribution in [-0.2, 0) is 4.79 Å². The van der Waals surface area contributed by atoms with Gasteiger partial charge in [-0.05, 0) is 24.4 Å². The Morgan fingerprint density at radius 2 is 2.41 bits per heavy atom. The van der Waals surface area contributed by atoms with E-state index in [2.05, 4.69) is 9.27 Å². The molecule has 1 aromatic rings. The van der Waals surface area contributed by atoms with Crippen LogP contribution in [0.15, 0.2) is 0 Å². The smallest absolute Gasteiger partial charge is 0.222 e. The minimum atomic E-state index is -0.244. The first-order valence-corrected chi connectivity index (χ1v) is 6.24. The maximum atomic E-state index is 11.2. The minimum absolute atomic E-state index is 0.100. The van der Waals surface area contributed by atoms with E-state index in [0.29, 0.717) is 18.1 Å². The van der Waals surface area contributed by atoms with E-state index in [4.69, 9.17) is 16.2 Å². The molecule has 0 aliphatic carbocycles. The summed E-state index contributed by atoms with van der Waals surface area (Å²) < 4.78 is 9.30. The zero-order valence-electron chi connectivity index (χ0n) is 9.68. The molecular weight excluding hydrogens is 240 g/mol. The highest BCUT2D eigenvalue weighted by molar-refractivity contribution is 7.11. The van der Waals surface area contributed by atoms with Crippen LogP contribution in [0.3, 0.4) is 0 Å². The highest BCUT2D eigenvalue weighted by Crippen LogP contribution is 2.39. The summed E-state index contributed by atoms with van der Waals surface area (Å²) in [6.07, 6.45) is 1.79. The first-order chi connectivity index (χ1) is 8.13. The zero-order chi connectivity index (χ0) is 12.4. The van der Waals surface area contributed by atoms with Crippen LogP contribution in [0.25, 0.3) is 0 Å². The molecule has 0 spiro atoms. The lowest BCUT2D eigenvalue weighted by atomic mass is 9.98. The molecule has 1 aliphatic heterocycles. The lowest BCUT2D eigenvalue weighted by Gasteiger charge is -2.31. The summed E-state index contributed by atoms with van der Waals surface area (Å²) in [6.45, 7) is 1.50. The molecule has 1 aliphatic rings. The molecule has 0 bridgehead atoms. The number of nitrogens with two attached hydrogens (primary N) is 2. The van der Waals surface area contributed by atoms with Crippen molar-refractivity contribution in [3.8, 4) is 5.75 Å². The fourth-order valence-electron chi connectivity index (χ4n) is 2.07. The Kier molecular flexibility index (Phi) is 3.37. The van der Waals surface area contributed by atoms with Gasteiger partial charge in [0.25, 0.3) is 0 Å². The molecule has 94 valence electrons. The Morgan fingerprint density at radius 1 is 1.65 bits per heavy atom. The van der Waals surface area contributed by atoms with Crippen LogP contribution in [0.5, 0.6) is 5.75 Å². The molecule has 6 nitrogen and oxygen atoms in total. The highest BCUT2D eigenvalue weighted by Gasteiger charge is 2.27. The number of carbonyl (C=O) groups excluding carboxylic acids is 1. The van der Waals surface area contributed by atoms with Gasteiger partial charge in [0.2, 0.25) is 5.91 Å². The quantitative estimate of drug-likeness (QED) is 0.818. The fraction of sp³-hybridized carbons (Fsp3) is 0.600. The van der Waals surface area contributed by atoms with E-state index in [1.54, 1.807) is 7.11 Å². The molecule has 4 N–H and O–H groups in total. The van der Waals surface area contributed by atoms with E-state index in [1.165, 1.54) is 11.5 Å². The summed E-state index contributed by atoms with van der Waals surface area (Å²) >= 11 is 1.29. The topological polar surface area (TPSA) is 94.5 Å². The second-order valence-corrected chi connectivity index (χ2v) is 4.85. The first-order valence-electron chi connectivity index (χ1n) is 5.47. The number of carbonyl (C=O) groups is 1. The SMILES string of the molecule is COc1c(N)nsc1N1CCCC(C(N)=O)C1. The molecule has 1 atom stereocenters. The molecule has 1 amide bonds. The molecule has 2 heterocycles. The Labute approximate surface area is 104 Å². The van der Waals surface area contributed by atoms with Crippen LogP contribution in [0.2, 0.25) is 0 Å². The maximum absolute atomic E-state index is 11.2. The molecular formula is C10H16N4O2S. The summed E-state index contributed by atoms with van der Waals surface area (Å²) in [7, 11) is 1.57. The van der Waals surface area contributed by atoms with E-state index in [0.717, 1.165) is 24.4 Å². The highest BCUT2D eigenvalue weighted by atomic mass is 32.1. The number of ether oxygens (including phenoxy) is 1. The minimum Gasteiger partial charge on any atom is -0.490 e. The van der Waals surface area contributed by atoms with E-state index < -0.39 is 0 Å². The molecule has 0 aromatic carbocycles. The van der Waals surface area contributed by atoms with Gasteiger partial charge in [-0.1, -0.05) is 0 Å². The van der Waals surface area contributed by atoms with Gasteiger partial charge < -0.3 is 21.1 Å². The third-order valence-corrected chi connectivity index (χ3v) is 3.88. The van der Waals surface area contributed by atoms with E-state index in [-0.39, 0.29) is 11.8 Å². The predicted molar refractivity (Wildman–Crippen MR) is 67.2 cm³/mol. The standard InChI is InChI=1S/C10H16N4O2S/c1-16-7-8(11)13-17-10(7)14-4-2-3-6(5-14)9(12)15/h6H,2-5H2,1H3,(H2,11,13)(H2,12,15). The molecule has 1 fully saturated rings. The van der Waals surface area contributed by atoms with Crippen molar-refractivity contribution in [2.45, 2.75) is 12.8 Å². The molecule has 17 heavy (non-hydrogen) atoms. The van der Waals surface area contributed by atoms with Crippen LogP contribution in [0, 0.1) is 5.92 Å². The largest absolute Gasteiger partial charge is 0.490 e. The number of aromatic nitrogens is 1. The van der Waals surface area contributed by atoms with Crippen molar-refractivity contribution in [3.63, 3.8) is 0 Å². The Balaban J connectivity index is 2.18. The van der Waals surface area contributed by atoms with Crippen molar-refractivity contribution in [2.75, 3.05) is 30.8 Å². The number of rotatable bonds is 3. The van der Waals surface area contributed by atoms with Crippen LogP contribution in [0.1, 0.15) is 12.8 Å². The van der Waals surface area contributed by atoms with Gasteiger partial charge in [-0.25, -0.2) is 0 Å². The number of piperidine rings is 1. The molecule has 0 radical (unpaired) electrons. The van der Waals surface area contributed by atoms with Gasteiger partial charge >= 0.3 is 0 Å². The number of nitrogens with zero attached hydrogens (tertiary/aromatic N) is 2. The van der Waals surface area contributed by atoms with Crippen molar-refractivity contribution >= 4 is 28.3 Å². The maximum Gasteiger partial charge on any atom is 0.222 e. The van der Waals surface area contributed by atoms with Gasteiger partial charge in [0.05, 0.1) is 13.0 Å². The van der Waals surface area contributed by atoms with E-state index >= 15 is 0 Å². The van der Waals surface area contributed by atoms with Crippen molar-refractivity contribution in [1.29, 1.82) is 0 Å². The normalized spacial score (nSPS) is 20.3. The van der Waals surface area contributed by atoms with Gasteiger partial charge in [-0.2, -0.15) is 4.37 Å². The molecule has 2 rings (SSSR count). The van der Waals surface area contributed by atoms with Crippen molar-refractivity contribution in [3.05, 3.63) is 0 Å². The monoisotopic (exact) mass is 256 g/mol. The fourth-order valence-corrected chi connectivity index (χ4v) is 2.89. The number of methoxy groups -OCH3 is 1. The second-order valence-electron chi connectivity index (χ2n) is 4.09. The Bertz CT molecular complexity index is 420. The average molecular weight is 256 g/mol. The van der Waals surface area contributed by atoms with Crippen molar-refractivity contribution < 1.29 is 9.53 Å². The Morgan fingerprint density at radius 3 is 3.06 bits per heavy atom. The first kappa shape index (κ1) is 12.0. The number of hydrogen-bond acceptors (Lipinski definition) is 6. The van der Waals surface area contributed by atoms with E-state index in [9.17, 15) is 4.79 Å². The lowest BCUT2D eigenvalue weighted by molar-refractivity contribution is -0.122. The molecule has 7 heteroatoms. The third-order valence-electron chi connectivity index (χ3n) is 2.97. The number of primary amides is 1. The van der Waals surface area contributed by atoms with Gasteiger partial charge in [0, 0.05) is 13.1 Å². The summed E-state index contributed by atoms with van der Waals surface area (Å²) in [4.78, 5) is 13.3. The molecule has 0 saturated carbocycles. The summed E-state index contributed by atoms with van der Waals surface area (Å²) in [5.41, 5.74) is 11.1. The molecule has 1 unspecified atom stereocenters. The zero-order valence-corrected chi connectivity index (χ0v) is 10.5. The second kappa shape index (κ2) is 4.79. The third kappa shape index (κ3) is 2.28. The van der Waals surface area contributed by atoms with Gasteiger partial charge in [-0.15, -0.1) is 0 Å². The predicted octanol–water partition coefficient (Wildman–Crippen LogP) is 0.436. The summed E-state index contributed by atoms with van der Waals surface area (Å²) in [5, 5.41) is 0.885. The summed E-state index contributed by atoms with van der Waals surface area (Å²) in [6, 6.07) is 0. The van der Waals surface area contributed by atoms with Crippen LogP contribution in [0.4, 0.5) is 10.8 Å². The molecule has 1 saturated heterocycles. The van der Waals surface area contributed by atoms with Crippen LogP contribution >= 0.6 is 11.5 Å². The summed E-state index contributed by atoms with van der Waals surface area (Å²) in [5.74, 6) is 0.650. The van der Waals surface area contributed by atoms with Gasteiger partial charge in [0.1, 0.15) is 0 Å². The number of hydrogen-bond donors (Lipinski definition) is 2. The van der Waals surface area contributed by atoms with Crippen molar-refractivity contribution in [2.24, 2.45) is 11.7 Å². The number of anilines is 2. The van der Waals surface area contributed by atoms with Crippen LogP contribution < -0.4 is 21.1 Å². The van der Waals surface area contributed by atoms with Crippen molar-refractivity contribution in [1.82, 2.24) is 4.37 Å². The van der Waals surface area contributed by atoms with Crippen LogP contribution in [-0.4, -0.2) is 30.5 Å². The number of nitrogen functional groups attached to an aromatic ring is 1. The van der Waals surface area contributed by atoms with Gasteiger partial charge in [-0.3, -0.25) is 4.79 Å². The molecule has 1 aromatic heterocycles.